The molecule has 0 aromatic heterocycles. The van der Waals surface area contributed by atoms with E-state index in [9.17, 15) is 18.0 Å². The summed E-state index contributed by atoms with van der Waals surface area (Å²) >= 11 is 0. The van der Waals surface area contributed by atoms with Crippen molar-refractivity contribution in [1.29, 1.82) is 0 Å². The number of urea groups is 1. The molecule has 0 bridgehead atoms. The van der Waals surface area contributed by atoms with Crippen molar-refractivity contribution in [3.63, 3.8) is 0 Å². The first kappa shape index (κ1) is 20.9. The van der Waals surface area contributed by atoms with Gasteiger partial charge in [-0.15, -0.1) is 0 Å². The van der Waals surface area contributed by atoms with Crippen LogP contribution in [0.25, 0.3) is 0 Å². The zero-order valence-electron chi connectivity index (χ0n) is 16.8. The maximum atomic E-state index is 13.0. The number of benzene rings is 2. The fourth-order valence-electron chi connectivity index (χ4n) is 3.41. The predicted octanol–water partition coefficient (Wildman–Crippen LogP) is 1.56. The molecule has 0 unspecified atom stereocenters. The highest BCUT2D eigenvalue weighted by Gasteiger charge is 2.31. The van der Waals surface area contributed by atoms with Gasteiger partial charge in [0, 0.05) is 37.9 Å². The first-order valence-electron chi connectivity index (χ1n) is 9.63. The third-order valence-electron chi connectivity index (χ3n) is 5.07. The van der Waals surface area contributed by atoms with Crippen molar-refractivity contribution in [2.75, 3.05) is 50.5 Å². The molecule has 10 nitrogen and oxygen atoms in total. The first-order valence-corrected chi connectivity index (χ1v) is 11.1. The zero-order chi connectivity index (χ0) is 22.0. The van der Waals surface area contributed by atoms with Crippen LogP contribution in [0.15, 0.2) is 47.4 Å². The molecule has 11 heteroatoms. The van der Waals surface area contributed by atoms with Crippen molar-refractivity contribution in [3.05, 3.63) is 42.5 Å². The fraction of sp³-hybridized carbons (Fsp3) is 0.300. The van der Waals surface area contributed by atoms with E-state index in [2.05, 4.69) is 10.6 Å². The molecule has 2 aliphatic rings. The van der Waals surface area contributed by atoms with Crippen LogP contribution in [-0.2, 0) is 14.8 Å². The number of nitrogens with zero attached hydrogens (tertiary/aromatic N) is 2. The average Bonchev–Trinajstić information content (AvgIpc) is 2.78. The van der Waals surface area contributed by atoms with Gasteiger partial charge in [-0.2, -0.15) is 4.31 Å². The minimum absolute atomic E-state index is 0.0614. The summed E-state index contributed by atoms with van der Waals surface area (Å²) in [7, 11) is -2.23. The molecule has 3 amide bonds. The van der Waals surface area contributed by atoms with Crippen LogP contribution in [0.2, 0.25) is 0 Å². The number of carbonyl (C=O) groups is 2. The van der Waals surface area contributed by atoms with E-state index in [-0.39, 0.29) is 49.6 Å². The highest BCUT2D eigenvalue weighted by Crippen LogP contribution is 2.31. The van der Waals surface area contributed by atoms with Gasteiger partial charge in [0.05, 0.1) is 17.7 Å². The number of piperazine rings is 1. The van der Waals surface area contributed by atoms with Gasteiger partial charge in [-0.3, -0.25) is 4.79 Å². The van der Waals surface area contributed by atoms with Crippen LogP contribution >= 0.6 is 0 Å². The highest BCUT2D eigenvalue weighted by molar-refractivity contribution is 7.89. The highest BCUT2D eigenvalue weighted by atomic mass is 32.2. The Hall–Kier alpha value is -3.31. The molecular weight excluding hydrogens is 424 g/mol. The van der Waals surface area contributed by atoms with Gasteiger partial charge in [0.2, 0.25) is 10.0 Å². The molecule has 31 heavy (non-hydrogen) atoms. The lowest BCUT2D eigenvalue weighted by Crippen LogP contribution is -2.51. The molecule has 2 heterocycles. The Kier molecular flexibility index (Phi) is 5.70. The summed E-state index contributed by atoms with van der Waals surface area (Å²) in [4.78, 5) is 25.7. The molecule has 164 valence electrons. The smallest absolute Gasteiger partial charge is 0.321 e. The topological polar surface area (TPSA) is 117 Å². The SMILES string of the molecule is COc1cccc(NC(=O)N2CCN(S(=O)(=O)c3ccc4c(c3)NC(=O)CO4)CC2)c1. The first-order chi connectivity index (χ1) is 14.9. The van der Waals surface area contributed by atoms with Gasteiger partial charge in [0.1, 0.15) is 11.5 Å². The monoisotopic (exact) mass is 446 g/mol. The molecule has 0 atom stereocenters. The maximum Gasteiger partial charge on any atom is 0.321 e. The summed E-state index contributed by atoms with van der Waals surface area (Å²) in [5, 5.41) is 5.41. The predicted molar refractivity (Wildman–Crippen MR) is 113 cm³/mol. The Morgan fingerprint density at radius 2 is 1.90 bits per heavy atom. The summed E-state index contributed by atoms with van der Waals surface area (Å²) in [5.41, 5.74) is 0.923. The van der Waals surface area contributed by atoms with E-state index in [1.807, 2.05) is 0 Å². The van der Waals surface area contributed by atoms with Crippen molar-refractivity contribution < 1.29 is 27.5 Å². The van der Waals surface area contributed by atoms with Crippen molar-refractivity contribution in [3.8, 4) is 11.5 Å². The van der Waals surface area contributed by atoms with Gasteiger partial charge in [-0.05, 0) is 30.3 Å². The Labute approximate surface area is 179 Å². The Morgan fingerprint density at radius 1 is 1.13 bits per heavy atom. The number of methoxy groups -OCH3 is 1. The summed E-state index contributed by atoms with van der Waals surface area (Å²) in [6, 6.07) is 11.1. The van der Waals surface area contributed by atoms with E-state index in [0.717, 1.165) is 0 Å². The lowest BCUT2D eigenvalue weighted by molar-refractivity contribution is -0.118. The number of nitrogens with one attached hydrogen (secondary N) is 2. The van der Waals surface area contributed by atoms with Gasteiger partial charge in [-0.1, -0.05) is 6.07 Å². The molecule has 0 spiro atoms. The van der Waals surface area contributed by atoms with Crippen LogP contribution in [0.1, 0.15) is 0 Å². The number of carbonyl (C=O) groups excluding carboxylic acids is 2. The Balaban J connectivity index is 1.40. The van der Waals surface area contributed by atoms with E-state index in [1.165, 1.54) is 22.5 Å². The number of fused-ring (bicyclic) bond motifs is 1. The molecule has 1 saturated heterocycles. The van der Waals surface area contributed by atoms with E-state index in [1.54, 1.807) is 36.3 Å². The fourth-order valence-corrected chi connectivity index (χ4v) is 4.86. The number of anilines is 2. The number of hydrogen-bond acceptors (Lipinski definition) is 6. The van der Waals surface area contributed by atoms with E-state index < -0.39 is 10.0 Å². The van der Waals surface area contributed by atoms with Gasteiger partial charge >= 0.3 is 6.03 Å². The van der Waals surface area contributed by atoms with Crippen LogP contribution in [0.4, 0.5) is 16.2 Å². The molecule has 0 radical (unpaired) electrons. The lowest BCUT2D eigenvalue weighted by Gasteiger charge is -2.34. The van der Waals surface area contributed by atoms with E-state index in [0.29, 0.717) is 22.9 Å². The van der Waals surface area contributed by atoms with Crippen LogP contribution in [0.3, 0.4) is 0 Å². The molecule has 2 aromatic rings. The standard InChI is InChI=1S/C20H22N4O6S/c1-29-15-4-2-3-14(11-15)21-20(26)23-7-9-24(10-8-23)31(27,28)16-5-6-18-17(12-16)22-19(25)13-30-18/h2-6,11-12H,7-10,13H2,1H3,(H,21,26)(H,22,25). The third kappa shape index (κ3) is 4.42. The summed E-state index contributed by atoms with van der Waals surface area (Å²) in [6.45, 7) is 0.722. The quantitative estimate of drug-likeness (QED) is 0.736. The molecule has 0 saturated carbocycles. The lowest BCUT2D eigenvalue weighted by atomic mass is 10.2. The number of hydrogen-bond donors (Lipinski definition) is 2. The second-order valence-corrected chi connectivity index (χ2v) is 8.99. The average molecular weight is 446 g/mol. The second kappa shape index (κ2) is 8.44. The van der Waals surface area contributed by atoms with Crippen LogP contribution in [-0.4, -0.2) is 69.5 Å². The molecule has 4 rings (SSSR count). The molecule has 2 aromatic carbocycles. The van der Waals surface area contributed by atoms with Crippen molar-refractivity contribution in [1.82, 2.24) is 9.21 Å². The van der Waals surface area contributed by atoms with Crippen LogP contribution in [0.5, 0.6) is 11.5 Å². The maximum absolute atomic E-state index is 13.0. The van der Waals surface area contributed by atoms with Gasteiger partial charge < -0.3 is 25.0 Å². The zero-order valence-corrected chi connectivity index (χ0v) is 17.6. The number of ether oxygens (including phenoxy) is 2. The Bertz CT molecular complexity index is 1110. The molecule has 0 aliphatic carbocycles. The number of sulfonamides is 1. The van der Waals surface area contributed by atoms with E-state index >= 15 is 0 Å². The third-order valence-corrected chi connectivity index (χ3v) is 6.96. The summed E-state index contributed by atoms with van der Waals surface area (Å²) in [5.74, 6) is 0.718. The molecule has 2 aliphatic heterocycles. The van der Waals surface area contributed by atoms with Gasteiger partial charge in [-0.25, -0.2) is 13.2 Å². The van der Waals surface area contributed by atoms with Gasteiger partial charge in [0.15, 0.2) is 6.61 Å². The Morgan fingerprint density at radius 3 is 2.65 bits per heavy atom. The molecule has 1 fully saturated rings. The number of amides is 3. The minimum Gasteiger partial charge on any atom is -0.497 e. The van der Waals surface area contributed by atoms with Crippen molar-refractivity contribution in [2.45, 2.75) is 4.90 Å². The van der Waals surface area contributed by atoms with Crippen molar-refractivity contribution >= 4 is 33.3 Å². The van der Waals surface area contributed by atoms with Crippen LogP contribution in [0, 0.1) is 0 Å². The second-order valence-electron chi connectivity index (χ2n) is 7.05. The van der Waals surface area contributed by atoms with E-state index in [4.69, 9.17) is 9.47 Å². The molecular formula is C20H22N4O6S. The van der Waals surface area contributed by atoms with Crippen LogP contribution < -0.4 is 20.1 Å². The normalized spacial score (nSPS) is 16.7. The van der Waals surface area contributed by atoms with Gasteiger partial charge in [0.25, 0.3) is 5.91 Å². The minimum atomic E-state index is -3.78. The largest absolute Gasteiger partial charge is 0.497 e. The number of rotatable bonds is 4. The summed E-state index contributed by atoms with van der Waals surface area (Å²) in [6.07, 6.45) is 0. The molecule has 2 N–H and O–H groups in total. The summed E-state index contributed by atoms with van der Waals surface area (Å²) < 4.78 is 37.8. The van der Waals surface area contributed by atoms with Crippen molar-refractivity contribution in [2.24, 2.45) is 0 Å².